The molecule has 0 aliphatic rings. The van der Waals surface area contributed by atoms with E-state index in [-0.39, 0.29) is 18.7 Å². The van der Waals surface area contributed by atoms with Crippen LogP contribution in [0.15, 0.2) is 15.5 Å². The maximum absolute atomic E-state index is 11.9. The Hall–Kier alpha value is -1.61. The van der Waals surface area contributed by atoms with Crippen molar-refractivity contribution in [3.63, 3.8) is 0 Å². The van der Waals surface area contributed by atoms with E-state index in [0.717, 1.165) is 4.68 Å². The number of amides is 1. The Morgan fingerprint density at radius 3 is 2.73 bits per heavy atom. The van der Waals surface area contributed by atoms with Gasteiger partial charge in [-0.25, -0.2) is 9.48 Å². The fraction of sp³-hybridized carbons (Fsp3) is 0.615. The fourth-order valence-electron chi connectivity index (χ4n) is 1.52. The van der Waals surface area contributed by atoms with Crippen molar-refractivity contribution < 1.29 is 14.6 Å². The molecular formula is C13H21BrN4O4. The maximum atomic E-state index is 11.9. The van der Waals surface area contributed by atoms with E-state index in [9.17, 15) is 9.59 Å². The summed E-state index contributed by atoms with van der Waals surface area (Å²) in [6, 6.07) is 0. The minimum Gasteiger partial charge on any atom is -0.444 e. The molecule has 1 amide bonds. The number of aliphatic hydroxyl groups excluding tert-OH is 1. The molecule has 1 aromatic rings. The molecule has 0 spiro atoms. The number of halogens is 1. The van der Waals surface area contributed by atoms with E-state index in [2.05, 4.69) is 31.7 Å². The van der Waals surface area contributed by atoms with Gasteiger partial charge in [0.15, 0.2) is 0 Å². The molecule has 0 saturated heterocycles. The van der Waals surface area contributed by atoms with Gasteiger partial charge in [-0.3, -0.25) is 4.79 Å². The molecule has 0 aromatic carbocycles. The Bertz CT molecular complexity index is 568. The van der Waals surface area contributed by atoms with Crippen molar-refractivity contribution in [2.24, 2.45) is 0 Å². The quantitative estimate of drug-likeness (QED) is 0.637. The number of alkyl carbamates (subject to hydrolysis) is 1. The summed E-state index contributed by atoms with van der Waals surface area (Å²) in [4.78, 5) is 23.3. The maximum Gasteiger partial charge on any atom is 0.407 e. The van der Waals surface area contributed by atoms with Crippen molar-refractivity contribution in [3.8, 4) is 0 Å². The van der Waals surface area contributed by atoms with Gasteiger partial charge in [0.25, 0.3) is 5.56 Å². The van der Waals surface area contributed by atoms with Crippen molar-refractivity contribution in [2.45, 2.75) is 32.9 Å². The van der Waals surface area contributed by atoms with Crippen molar-refractivity contribution in [1.82, 2.24) is 15.1 Å². The molecule has 3 N–H and O–H groups in total. The van der Waals surface area contributed by atoms with Gasteiger partial charge >= 0.3 is 6.09 Å². The second kappa shape index (κ2) is 8.14. The van der Waals surface area contributed by atoms with Gasteiger partial charge in [-0.05, 0) is 36.7 Å². The first-order valence-electron chi connectivity index (χ1n) is 6.82. The molecule has 0 aliphatic carbocycles. The summed E-state index contributed by atoms with van der Waals surface area (Å²) in [5.41, 5.74) is -0.355. The third-order valence-electron chi connectivity index (χ3n) is 2.41. The SMILES string of the molecule is CC(C)(C)OC(=O)NCCNc1cnn(CCO)c(=O)c1Br. The van der Waals surface area contributed by atoms with E-state index < -0.39 is 11.7 Å². The Morgan fingerprint density at radius 1 is 1.45 bits per heavy atom. The number of carbonyl (C=O) groups is 1. The number of aromatic nitrogens is 2. The Kier molecular flexibility index (Phi) is 6.82. The lowest BCUT2D eigenvalue weighted by molar-refractivity contribution is 0.0530. The van der Waals surface area contributed by atoms with Crippen molar-refractivity contribution >= 4 is 27.7 Å². The molecule has 1 aromatic heterocycles. The molecule has 0 radical (unpaired) electrons. The topological polar surface area (TPSA) is 105 Å². The number of carbonyl (C=O) groups excluding carboxylic acids is 1. The lowest BCUT2D eigenvalue weighted by atomic mass is 10.2. The van der Waals surface area contributed by atoms with Crippen LogP contribution in [-0.4, -0.2) is 46.3 Å². The average molecular weight is 377 g/mol. The van der Waals surface area contributed by atoms with Gasteiger partial charge in [-0.1, -0.05) is 0 Å². The normalized spacial score (nSPS) is 11.1. The Morgan fingerprint density at radius 2 is 2.14 bits per heavy atom. The highest BCUT2D eigenvalue weighted by Crippen LogP contribution is 2.15. The molecule has 1 rings (SSSR count). The zero-order valence-electron chi connectivity index (χ0n) is 12.9. The number of ether oxygens (including phenoxy) is 1. The number of aliphatic hydroxyl groups is 1. The van der Waals surface area contributed by atoms with Gasteiger partial charge in [0.05, 0.1) is 25.0 Å². The minimum atomic E-state index is -0.540. The monoisotopic (exact) mass is 376 g/mol. The summed E-state index contributed by atoms with van der Waals surface area (Å²) in [7, 11) is 0. The molecule has 0 aliphatic heterocycles. The summed E-state index contributed by atoms with van der Waals surface area (Å²) in [5.74, 6) is 0. The molecule has 8 nitrogen and oxygen atoms in total. The number of anilines is 1. The molecule has 124 valence electrons. The minimum absolute atomic E-state index is 0.137. The third kappa shape index (κ3) is 6.02. The van der Waals surface area contributed by atoms with Crippen LogP contribution in [0, 0.1) is 0 Å². The average Bonchev–Trinajstić information content (AvgIpc) is 2.40. The number of hydrogen-bond donors (Lipinski definition) is 3. The Balaban J connectivity index is 2.48. The smallest absolute Gasteiger partial charge is 0.407 e. The van der Waals surface area contributed by atoms with Gasteiger partial charge in [-0.2, -0.15) is 5.10 Å². The van der Waals surface area contributed by atoms with Crippen LogP contribution in [-0.2, 0) is 11.3 Å². The second-order valence-corrected chi connectivity index (χ2v) is 6.27. The first kappa shape index (κ1) is 18.4. The summed E-state index contributed by atoms with van der Waals surface area (Å²) >= 11 is 3.19. The molecule has 0 fully saturated rings. The van der Waals surface area contributed by atoms with Gasteiger partial charge in [-0.15, -0.1) is 0 Å². The summed E-state index contributed by atoms with van der Waals surface area (Å²) in [5, 5.41) is 18.3. The fourth-order valence-corrected chi connectivity index (χ4v) is 1.97. The van der Waals surface area contributed by atoms with Crippen LogP contribution in [0.5, 0.6) is 0 Å². The first-order valence-corrected chi connectivity index (χ1v) is 7.61. The Labute approximate surface area is 137 Å². The highest BCUT2D eigenvalue weighted by molar-refractivity contribution is 9.10. The number of nitrogens with one attached hydrogen (secondary N) is 2. The van der Waals surface area contributed by atoms with Crippen molar-refractivity contribution in [2.75, 3.05) is 25.0 Å². The van der Waals surface area contributed by atoms with E-state index >= 15 is 0 Å². The van der Waals surface area contributed by atoms with Crippen molar-refractivity contribution in [1.29, 1.82) is 0 Å². The van der Waals surface area contributed by atoms with E-state index in [1.165, 1.54) is 6.20 Å². The molecule has 1 heterocycles. The van der Waals surface area contributed by atoms with Gasteiger partial charge < -0.3 is 20.5 Å². The zero-order valence-corrected chi connectivity index (χ0v) is 14.4. The van der Waals surface area contributed by atoms with E-state index in [1.807, 2.05) is 0 Å². The number of hydrogen-bond acceptors (Lipinski definition) is 6. The van der Waals surface area contributed by atoms with Crippen LogP contribution in [0.1, 0.15) is 20.8 Å². The van der Waals surface area contributed by atoms with E-state index in [0.29, 0.717) is 23.2 Å². The van der Waals surface area contributed by atoms with Gasteiger partial charge in [0.1, 0.15) is 10.1 Å². The standard InChI is InChI=1S/C13H21BrN4O4/c1-13(2,3)22-12(21)16-5-4-15-9-8-17-18(6-7-19)11(20)10(9)14/h8,15,19H,4-7H2,1-3H3,(H,16,21). The molecule has 0 saturated carbocycles. The molecule has 22 heavy (non-hydrogen) atoms. The summed E-state index contributed by atoms with van der Waals surface area (Å²) in [6.45, 7) is 6.08. The van der Waals surface area contributed by atoms with Gasteiger partial charge in [0, 0.05) is 13.1 Å². The lowest BCUT2D eigenvalue weighted by Crippen LogP contribution is -2.35. The largest absolute Gasteiger partial charge is 0.444 e. The van der Waals surface area contributed by atoms with Crippen LogP contribution in [0.25, 0.3) is 0 Å². The van der Waals surface area contributed by atoms with Crippen LogP contribution in [0.4, 0.5) is 10.5 Å². The van der Waals surface area contributed by atoms with Crippen LogP contribution >= 0.6 is 15.9 Å². The van der Waals surface area contributed by atoms with Crippen LogP contribution in [0.3, 0.4) is 0 Å². The molecule has 0 atom stereocenters. The molecule has 0 bridgehead atoms. The van der Waals surface area contributed by atoms with E-state index in [4.69, 9.17) is 9.84 Å². The van der Waals surface area contributed by atoms with Crippen LogP contribution < -0.4 is 16.2 Å². The van der Waals surface area contributed by atoms with Crippen LogP contribution in [0.2, 0.25) is 0 Å². The first-order chi connectivity index (χ1) is 10.2. The molecule has 9 heteroatoms. The second-order valence-electron chi connectivity index (χ2n) is 5.48. The lowest BCUT2D eigenvalue weighted by Gasteiger charge is -2.19. The zero-order chi connectivity index (χ0) is 16.8. The predicted octanol–water partition coefficient (Wildman–Crippen LogP) is 0.935. The van der Waals surface area contributed by atoms with Crippen molar-refractivity contribution in [3.05, 3.63) is 21.0 Å². The molecule has 0 unspecified atom stereocenters. The highest BCUT2D eigenvalue weighted by Gasteiger charge is 2.15. The number of rotatable bonds is 6. The predicted molar refractivity (Wildman–Crippen MR) is 86.0 cm³/mol. The van der Waals surface area contributed by atoms with Gasteiger partial charge in [0.2, 0.25) is 0 Å². The molecular weight excluding hydrogens is 356 g/mol. The van der Waals surface area contributed by atoms with E-state index in [1.54, 1.807) is 20.8 Å². The highest BCUT2D eigenvalue weighted by atomic mass is 79.9. The summed E-state index contributed by atoms with van der Waals surface area (Å²) < 4.78 is 6.59. The third-order valence-corrected chi connectivity index (χ3v) is 3.17. The number of nitrogens with zero attached hydrogens (tertiary/aromatic N) is 2. The summed E-state index contributed by atoms with van der Waals surface area (Å²) in [6.07, 6.45) is 0.985.